The van der Waals surface area contributed by atoms with Gasteiger partial charge in [0.15, 0.2) is 0 Å². The van der Waals surface area contributed by atoms with Gasteiger partial charge in [0.05, 0.1) is 28.8 Å². The lowest BCUT2D eigenvalue weighted by Gasteiger charge is -2.06. The Morgan fingerprint density at radius 2 is 1.81 bits per heavy atom. The van der Waals surface area contributed by atoms with Crippen molar-refractivity contribution in [2.75, 3.05) is 11.1 Å². The summed E-state index contributed by atoms with van der Waals surface area (Å²) in [5, 5.41) is 4.04. The highest BCUT2D eigenvalue weighted by Gasteiger charge is 2.02. The van der Waals surface area contributed by atoms with Crippen molar-refractivity contribution in [3.8, 4) is 0 Å². The normalized spacial score (nSPS) is 10.1. The van der Waals surface area contributed by atoms with Gasteiger partial charge in [0, 0.05) is 5.02 Å². The van der Waals surface area contributed by atoms with Crippen molar-refractivity contribution in [2.24, 2.45) is 0 Å². The summed E-state index contributed by atoms with van der Waals surface area (Å²) in [7, 11) is 0. The Balaban J connectivity index is 2.23. The molecule has 0 unspecified atom stereocenters. The molecule has 16 heavy (non-hydrogen) atoms. The molecule has 1 aromatic carbocycles. The number of nitrogens with one attached hydrogen (secondary N) is 1. The van der Waals surface area contributed by atoms with Crippen LogP contribution in [-0.4, -0.2) is 9.97 Å². The van der Waals surface area contributed by atoms with Crippen molar-refractivity contribution in [3.63, 3.8) is 0 Å². The van der Waals surface area contributed by atoms with Crippen molar-refractivity contribution < 1.29 is 0 Å². The summed E-state index contributed by atoms with van der Waals surface area (Å²) in [5.74, 6) is 0.429. The topological polar surface area (TPSA) is 63.8 Å². The number of rotatable bonds is 2. The van der Waals surface area contributed by atoms with Crippen LogP contribution >= 0.6 is 23.2 Å². The van der Waals surface area contributed by atoms with E-state index in [0.717, 1.165) is 0 Å². The van der Waals surface area contributed by atoms with Gasteiger partial charge < -0.3 is 11.1 Å². The highest BCUT2D eigenvalue weighted by atomic mass is 35.5. The highest BCUT2D eigenvalue weighted by molar-refractivity contribution is 6.36. The number of nitrogens with two attached hydrogens (primary N) is 1. The van der Waals surface area contributed by atoms with Gasteiger partial charge >= 0.3 is 0 Å². The predicted molar refractivity (Wildman–Crippen MR) is 66.2 cm³/mol. The maximum absolute atomic E-state index is 5.98. The van der Waals surface area contributed by atoms with Crippen LogP contribution < -0.4 is 11.1 Å². The lowest BCUT2D eigenvalue weighted by atomic mass is 10.3. The van der Waals surface area contributed by atoms with Gasteiger partial charge in [-0.15, -0.1) is 0 Å². The zero-order chi connectivity index (χ0) is 11.5. The third kappa shape index (κ3) is 2.53. The van der Waals surface area contributed by atoms with Crippen LogP contribution in [0.25, 0.3) is 0 Å². The van der Waals surface area contributed by atoms with Gasteiger partial charge in [0.1, 0.15) is 0 Å². The number of nitrogens with zero attached hydrogens (tertiary/aromatic N) is 2. The fraction of sp³-hybridized carbons (Fsp3) is 0. The van der Waals surface area contributed by atoms with Crippen LogP contribution in [0.1, 0.15) is 0 Å². The highest BCUT2D eigenvalue weighted by Crippen LogP contribution is 2.26. The second kappa shape index (κ2) is 4.55. The number of hydrogen-bond acceptors (Lipinski definition) is 4. The summed E-state index contributed by atoms with van der Waals surface area (Å²) in [4.78, 5) is 8.00. The second-order valence-corrected chi connectivity index (χ2v) is 3.93. The molecule has 2 aromatic rings. The van der Waals surface area contributed by atoms with Crippen molar-refractivity contribution in [1.82, 2.24) is 9.97 Å². The molecule has 0 saturated heterocycles. The molecule has 4 nitrogen and oxygen atoms in total. The summed E-state index contributed by atoms with van der Waals surface area (Å²) in [5.41, 5.74) is 6.67. The van der Waals surface area contributed by atoms with Crippen molar-refractivity contribution in [3.05, 3.63) is 40.6 Å². The largest absolute Gasteiger partial charge is 0.396 e. The standard InChI is InChI=1S/C10H8Cl2N4/c11-6-1-2-9(8(12)3-6)16-10-14-4-7(13)5-15-10/h1-5H,13H2,(H,14,15,16). The van der Waals surface area contributed by atoms with E-state index in [-0.39, 0.29) is 0 Å². The van der Waals surface area contributed by atoms with Crippen LogP contribution in [0.3, 0.4) is 0 Å². The third-order valence-corrected chi connectivity index (χ3v) is 2.40. The molecule has 6 heteroatoms. The maximum atomic E-state index is 5.98. The first-order valence-electron chi connectivity index (χ1n) is 4.45. The number of anilines is 3. The van der Waals surface area contributed by atoms with Crippen molar-refractivity contribution in [1.29, 1.82) is 0 Å². The summed E-state index contributed by atoms with van der Waals surface area (Å²) in [6.45, 7) is 0. The minimum Gasteiger partial charge on any atom is -0.396 e. The Bertz CT molecular complexity index is 499. The summed E-state index contributed by atoms with van der Waals surface area (Å²) < 4.78 is 0. The smallest absolute Gasteiger partial charge is 0.227 e. The van der Waals surface area contributed by atoms with Crippen molar-refractivity contribution >= 4 is 40.5 Å². The van der Waals surface area contributed by atoms with Gasteiger partial charge in [0.25, 0.3) is 0 Å². The minimum absolute atomic E-state index is 0.429. The van der Waals surface area contributed by atoms with Crippen molar-refractivity contribution in [2.45, 2.75) is 0 Å². The van der Waals surface area contributed by atoms with Gasteiger partial charge in [-0.3, -0.25) is 0 Å². The van der Waals surface area contributed by atoms with E-state index in [1.165, 1.54) is 12.4 Å². The molecule has 3 N–H and O–H groups in total. The molecule has 0 saturated carbocycles. The number of benzene rings is 1. The monoisotopic (exact) mass is 254 g/mol. The molecule has 0 aliphatic rings. The Morgan fingerprint density at radius 1 is 1.12 bits per heavy atom. The first-order valence-corrected chi connectivity index (χ1v) is 5.20. The first kappa shape index (κ1) is 11.0. The number of aromatic nitrogens is 2. The van der Waals surface area contributed by atoms with Crippen LogP contribution in [0.2, 0.25) is 10.0 Å². The Hall–Kier alpha value is -1.52. The fourth-order valence-corrected chi connectivity index (χ4v) is 1.57. The van der Waals surface area contributed by atoms with E-state index in [0.29, 0.717) is 27.4 Å². The van der Waals surface area contributed by atoms with E-state index in [2.05, 4.69) is 15.3 Å². The molecule has 2 rings (SSSR count). The van der Waals surface area contributed by atoms with Gasteiger partial charge in [-0.2, -0.15) is 0 Å². The van der Waals surface area contributed by atoms with Crippen LogP contribution in [-0.2, 0) is 0 Å². The summed E-state index contributed by atoms with van der Waals surface area (Å²) in [6.07, 6.45) is 3.03. The molecular formula is C10H8Cl2N4. The minimum atomic E-state index is 0.429. The second-order valence-electron chi connectivity index (χ2n) is 3.09. The van der Waals surface area contributed by atoms with Gasteiger partial charge in [-0.25, -0.2) is 9.97 Å². The van der Waals surface area contributed by atoms with E-state index in [1.54, 1.807) is 18.2 Å². The van der Waals surface area contributed by atoms with E-state index in [4.69, 9.17) is 28.9 Å². The molecule has 0 fully saturated rings. The molecule has 82 valence electrons. The Kier molecular flexibility index (Phi) is 3.12. The molecule has 0 spiro atoms. The van der Waals surface area contributed by atoms with Crippen LogP contribution in [0.4, 0.5) is 17.3 Å². The average Bonchev–Trinajstić information content (AvgIpc) is 2.25. The van der Waals surface area contributed by atoms with Gasteiger partial charge in [-0.1, -0.05) is 23.2 Å². The van der Waals surface area contributed by atoms with Crippen LogP contribution in [0.5, 0.6) is 0 Å². The average molecular weight is 255 g/mol. The zero-order valence-electron chi connectivity index (χ0n) is 8.11. The lowest BCUT2D eigenvalue weighted by Crippen LogP contribution is -1.98. The quantitative estimate of drug-likeness (QED) is 0.865. The zero-order valence-corrected chi connectivity index (χ0v) is 9.63. The first-order chi connectivity index (χ1) is 7.65. The predicted octanol–water partition coefficient (Wildman–Crippen LogP) is 3.11. The number of halogens is 2. The molecule has 0 amide bonds. The Morgan fingerprint density at radius 3 is 2.44 bits per heavy atom. The SMILES string of the molecule is Nc1cnc(Nc2ccc(Cl)cc2Cl)nc1. The molecule has 1 aromatic heterocycles. The van der Waals surface area contributed by atoms with Gasteiger partial charge in [-0.05, 0) is 18.2 Å². The van der Waals surface area contributed by atoms with E-state index in [1.807, 2.05) is 0 Å². The molecule has 0 atom stereocenters. The van der Waals surface area contributed by atoms with Gasteiger partial charge in [0.2, 0.25) is 5.95 Å². The van der Waals surface area contributed by atoms with E-state index >= 15 is 0 Å². The van der Waals surface area contributed by atoms with Crippen LogP contribution in [0.15, 0.2) is 30.6 Å². The molecule has 1 heterocycles. The van der Waals surface area contributed by atoms with E-state index < -0.39 is 0 Å². The Labute approximate surface area is 102 Å². The lowest BCUT2D eigenvalue weighted by molar-refractivity contribution is 1.17. The molecule has 0 bridgehead atoms. The number of nitrogen functional groups attached to an aromatic ring is 1. The summed E-state index contributed by atoms with van der Waals surface area (Å²) in [6, 6.07) is 5.13. The molecular weight excluding hydrogens is 247 g/mol. The molecule has 0 aliphatic heterocycles. The molecule has 0 aliphatic carbocycles. The molecule has 0 radical (unpaired) electrons. The number of hydrogen-bond donors (Lipinski definition) is 2. The van der Waals surface area contributed by atoms with E-state index in [9.17, 15) is 0 Å². The van der Waals surface area contributed by atoms with Crippen LogP contribution in [0, 0.1) is 0 Å². The fourth-order valence-electron chi connectivity index (χ4n) is 1.11. The maximum Gasteiger partial charge on any atom is 0.227 e. The third-order valence-electron chi connectivity index (χ3n) is 1.85. The summed E-state index contributed by atoms with van der Waals surface area (Å²) >= 11 is 11.8.